The van der Waals surface area contributed by atoms with E-state index in [9.17, 15) is 0 Å². The molecule has 9 aromatic carbocycles. The highest BCUT2D eigenvalue weighted by Crippen LogP contribution is 2.64. The van der Waals surface area contributed by atoms with Crippen molar-refractivity contribution in [3.8, 4) is 39.1 Å². The van der Waals surface area contributed by atoms with Crippen LogP contribution >= 0.6 is 0 Å². The third-order valence-corrected chi connectivity index (χ3v) is 15.5. The van der Waals surface area contributed by atoms with Gasteiger partial charge in [-0.15, -0.1) is 0 Å². The van der Waals surface area contributed by atoms with Crippen molar-refractivity contribution in [3.05, 3.63) is 240 Å². The van der Waals surface area contributed by atoms with Gasteiger partial charge in [0, 0.05) is 33.4 Å². The van der Waals surface area contributed by atoms with Gasteiger partial charge in [0.1, 0.15) is 0 Å². The van der Waals surface area contributed by atoms with Gasteiger partial charge in [-0.05, 0) is 146 Å². The molecule has 2 nitrogen and oxygen atoms in total. The largest absolute Gasteiger partial charge is 0.310 e. The van der Waals surface area contributed by atoms with Crippen LogP contribution in [-0.2, 0) is 16.2 Å². The van der Waals surface area contributed by atoms with Crippen LogP contribution in [0.3, 0.4) is 0 Å². The predicted molar refractivity (Wildman–Crippen MR) is 272 cm³/mol. The van der Waals surface area contributed by atoms with Gasteiger partial charge in [-0.25, -0.2) is 0 Å². The van der Waals surface area contributed by atoms with E-state index in [2.05, 4.69) is 243 Å². The van der Waals surface area contributed by atoms with E-state index in [1.165, 1.54) is 101 Å². The summed E-state index contributed by atoms with van der Waals surface area (Å²) in [6.07, 6.45) is 2.35. The number of fused-ring (bicyclic) bond motifs is 14. The Hall–Kier alpha value is -7.42. The fourth-order valence-corrected chi connectivity index (χ4v) is 12.3. The number of anilines is 3. The maximum Gasteiger partial charge on any atom is 0.0726 e. The summed E-state index contributed by atoms with van der Waals surface area (Å²) < 4.78 is 2.41. The van der Waals surface area contributed by atoms with Gasteiger partial charge in [-0.1, -0.05) is 173 Å². The molecule has 1 spiro atoms. The average molecular weight is 835 g/mol. The summed E-state index contributed by atoms with van der Waals surface area (Å²) in [6.45, 7) is 9.74. The molecule has 0 unspecified atom stereocenters. The lowest BCUT2D eigenvalue weighted by Gasteiger charge is -2.42. The second-order valence-electron chi connectivity index (χ2n) is 19.9. The van der Waals surface area contributed by atoms with Crippen LogP contribution in [0, 0.1) is 0 Å². The molecule has 10 aromatic rings. The number of hydrogen-bond acceptors (Lipinski definition) is 1. The molecule has 0 N–H and O–H groups in total. The summed E-state index contributed by atoms with van der Waals surface area (Å²) in [4.78, 5) is 2.52. The molecular formula is C63H50N2. The van der Waals surface area contributed by atoms with Gasteiger partial charge >= 0.3 is 0 Å². The van der Waals surface area contributed by atoms with Crippen LogP contribution in [0.1, 0.15) is 73.9 Å². The minimum Gasteiger partial charge on any atom is -0.310 e. The van der Waals surface area contributed by atoms with E-state index in [4.69, 9.17) is 0 Å². The molecule has 0 bridgehead atoms. The lowest BCUT2D eigenvalue weighted by atomic mass is 9.63. The van der Waals surface area contributed by atoms with Gasteiger partial charge in [-0.2, -0.15) is 0 Å². The molecule has 13 rings (SSSR count). The smallest absolute Gasteiger partial charge is 0.0726 e. The summed E-state index contributed by atoms with van der Waals surface area (Å²) >= 11 is 0. The fraction of sp³-hybridized carbons (Fsp3) is 0.143. The Labute approximate surface area is 382 Å². The zero-order valence-corrected chi connectivity index (χ0v) is 37.4. The number of rotatable bonds is 5. The Bertz CT molecular complexity index is 3450. The summed E-state index contributed by atoms with van der Waals surface area (Å²) in [5.41, 5.74) is 22.7. The van der Waals surface area contributed by atoms with Crippen LogP contribution in [0.4, 0.5) is 17.1 Å². The molecule has 0 atom stereocenters. The maximum absolute atomic E-state index is 2.58. The standard InChI is InChI=1S/C63H50N2/c1-61(2)36-37-62(3,4)57-38-41(30-35-55(57)61)50-39-51-47-22-10-15-27-54(47)63(52-25-13-8-20-45(52)46-21-9-14-26-53(46)63)56(51)40-60(50)64(42-18-6-5-7-19-42)43-31-33-44(34-32-43)65-58-28-16-11-23-48(58)49-24-12-17-29-59(49)65/h5-35,38-40H,36-37H2,1-4H3. The van der Waals surface area contributed by atoms with Gasteiger partial charge in [0.15, 0.2) is 0 Å². The monoisotopic (exact) mass is 834 g/mol. The first-order chi connectivity index (χ1) is 31.7. The predicted octanol–water partition coefficient (Wildman–Crippen LogP) is 16.6. The minimum atomic E-state index is -0.475. The minimum absolute atomic E-state index is 0.0629. The highest BCUT2D eigenvalue weighted by atomic mass is 15.1. The molecule has 0 fully saturated rings. The summed E-state index contributed by atoms with van der Waals surface area (Å²) in [7, 11) is 0. The molecule has 1 aromatic heterocycles. The molecule has 3 aliphatic rings. The van der Waals surface area contributed by atoms with E-state index in [1.807, 2.05) is 0 Å². The Morgan fingerprint density at radius 3 is 1.46 bits per heavy atom. The van der Waals surface area contributed by atoms with Gasteiger partial charge in [0.2, 0.25) is 0 Å². The van der Waals surface area contributed by atoms with Crippen LogP contribution in [0.15, 0.2) is 206 Å². The van der Waals surface area contributed by atoms with Gasteiger partial charge < -0.3 is 9.47 Å². The van der Waals surface area contributed by atoms with E-state index in [0.29, 0.717) is 0 Å². The Balaban J connectivity index is 1.10. The molecule has 0 saturated carbocycles. The van der Waals surface area contributed by atoms with Crippen LogP contribution in [0.5, 0.6) is 0 Å². The van der Waals surface area contributed by atoms with E-state index in [1.54, 1.807) is 0 Å². The molecule has 0 aliphatic heterocycles. The molecule has 3 aliphatic carbocycles. The Morgan fingerprint density at radius 2 is 0.862 bits per heavy atom. The molecule has 2 heteroatoms. The quantitative estimate of drug-likeness (QED) is 0.168. The zero-order chi connectivity index (χ0) is 43.7. The third-order valence-electron chi connectivity index (χ3n) is 15.5. The first-order valence-electron chi connectivity index (χ1n) is 23.3. The molecule has 0 saturated heterocycles. The number of para-hydroxylation sites is 3. The van der Waals surface area contributed by atoms with Crippen molar-refractivity contribution in [1.82, 2.24) is 4.57 Å². The summed E-state index contributed by atoms with van der Waals surface area (Å²) in [6, 6.07) is 77.8. The van der Waals surface area contributed by atoms with E-state index >= 15 is 0 Å². The topological polar surface area (TPSA) is 8.17 Å². The van der Waals surface area contributed by atoms with Crippen LogP contribution in [-0.4, -0.2) is 4.57 Å². The third kappa shape index (κ3) is 5.34. The molecule has 65 heavy (non-hydrogen) atoms. The molecule has 0 radical (unpaired) electrons. The van der Waals surface area contributed by atoms with E-state index in [0.717, 1.165) is 23.5 Å². The number of hydrogen-bond donors (Lipinski definition) is 0. The van der Waals surface area contributed by atoms with E-state index in [-0.39, 0.29) is 10.8 Å². The molecule has 1 heterocycles. The fourth-order valence-electron chi connectivity index (χ4n) is 12.3. The number of aromatic nitrogens is 1. The van der Waals surface area contributed by atoms with Gasteiger partial charge in [0.05, 0.1) is 22.1 Å². The van der Waals surface area contributed by atoms with Crippen molar-refractivity contribution in [2.45, 2.75) is 56.8 Å². The second-order valence-corrected chi connectivity index (χ2v) is 19.9. The zero-order valence-electron chi connectivity index (χ0n) is 37.4. The van der Waals surface area contributed by atoms with E-state index < -0.39 is 5.41 Å². The average Bonchev–Trinajstić information content (AvgIpc) is 3.95. The lowest BCUT2D eigenvalue weighted by Crippen LogP contribution is -2.33. The van der Waals surface area contributed by atoms with Crippen molar-refractivity contribution in [1.29, 1.82) is 0 Å². The second kappa shape index (κ2) is 13.8. The van der Waals surface area contributed by atoms with Gasteiger partial charge in [0.25, 0.3) is 0 Å². The molecule has 312 valence electrons. The molecule has 0 amide bonds. The summed E-state index contributed by atoms with van der Waals surface area (Å²) in [5.74, 6) is 0. The first-order valence-corrected chi connectivity index (χ1v) is 23.3. The summed E-state index contributed by atoms with van der Waals surface area (Å²) in [5, 5.41) is 2.53. The lowest BCUT2D eigenvalue weighted by molar-refractivity contribution is 0.332. The Kier molecular flexibility index (Phi) is 8.08. The maximum atomic E-state index is 2.58. The Morgan fingerprint density at radius 1 is 0.369 bits per heavy atom. The number of nitrogens with zero attached hydrogens (tertiary/aromatic N) is 2. The highest BCUT2D eigenvalue weighted by molar-refractivity contribution is 6.09. The highest BCUT2D eigenvalue weighted by Gasteiger charge is 2.52. The van der Waals surface area contributed by atoms with Crippen molar-refractivity contribution in [2.24, 2.45) is 0 Å². The van der Waals surface area contributed by atoms with Crippen molar-refractivity contribution in [2.75, 3.05) is 4.90 Å². The van der Waals surface area contributed by atoms with Crippen LogP contribution < -0.4 is 4.90 Å². The van der Waals surface area contributed by atoms with Crippen molar-refractivity contribution in [3.63, 3.8) is 0 Å². The number of benzene rings is 9. The van der Waals surface area contributed by atoms with Crippen LogP contribution in [0.2, 0.25) is 0 Å². The first kappa shape index (κ1) is 38.1. The SMILES string of the molecule is CC1(C)CCC(C)(C)c2cc(-c3cc4c(cc3N(c3ccccc3)c3ccc(-n5c6ccccc6c6ccccc65)cc3)C3(c5ccccc5-c5ccccc53)c3ccccc3-4)ccc21. The molecular weight excluding hydrogens is 785 g/mol. The normalized spacial score (nSPS) is 15.6. The van der Waals surface area contributed by atoms with Crippen molar-refractivity contribution >= 4 is 38.9 Å². The van der Waals surface area contributed by atoms with Crippen LogP contribution in [0.25, 0.3) is 60.9 Å². The van der Waals surface area contributed by atoms with Gasteiger partial charge in [-0.3, -0.25) is 0 Å². The van der Waals surface area contributed by atoms with Crippen molar-refractivity contribution < 1.29 is 0 Å².